The molecule has 0 unspecified atom stereocenters. The van der Waals surface area contributed by atoms with E-state index in [0.29, 0.717) is 5.56 Å². The largest absolute Gasteiger partial charge is 0.477 e. The number of benzene rings is 1. The fourth-order valence-electron chi connectivity index (χ4n) is 1.84. The second kappa shape index (κ2) is 6.03. The van der Waals surface area contributed by atoms with Gasteiger partial charge in [0.05, 0.1) is 11.8 Å². The third-order valence-electron chi connectivity index (χ3n) is 2.84. The Morgan fingerprint density at radius 1 is 1.25 bits per heavy atom. The Balaban J connectivity index is 2.14. The minimum Gasteiger partial charge on any atom is -0.477 e. The minimum atomic E-state index is -1.32. The zero-order valence-electron chi connectivity index (χ0n) is 10.5. The van der Waals surface area contributed by atoms with Gasteiger partial charge in [-0.15, -0.1) is 0 Å². The number of carboxylic acids is 1. The van der Waals surface area contributed by atoms with E-state index in [1.807, 2.05) is 6.07 Å². The Morgan fingerprint density at radius 2 is 1.95 bits per heavy atom. The summed E-state index contributed by atoms with van der Waals surface area (Å²) in [5.41, 5.74) is -0.164. The lowest BCUT2D eigenvalue weighted by atomic mass is 10.1. The molecule has 0 amide bonds. The maximum atomic E-state index is 11.5. The SMILES string of the molecule is O=C(O)c1c(NC[C@H](O)c2ccccc2)cc[nH]c1=O. The van der Waals surface area contributed by atoms with Gasteiger partial charge in [-0.05, 0) is 11.6 Å². The third-order valence-corrected chi connectivity index (χ3v) is 2.84. The lowest BCUT2D eigenvalue weighted by molar-refractivity contribution is 0.0696. The third kappa shape index (κ3) is 3.04. The standard InChI is InChI=1S/C14H14N2O4/c17-11(9-4-2-1-3-5-9)8-16-10-6-7-15-13(18)12(10)14(19)20/h1-7,11,17H,8H2,(H,19,20)(H2,15,16,18)/t11-/m0/s1. The second-order valence-corrected chi connectivity index (χ2v) is 4.21. The van der Waals surface area contributed by atoms with Gasteiger partial charge < -0.3 is 20.5 Å². The topological polar surface area (TPSA) is 102 Å². The molecule has 1 atom stereocenters. The first-order chi connectivity index (χ1) is 9.59. The molecule has 104 valence electrons. The van der Waals surface area contributed by atoms with E-state index < -0.39 is 17.6 Å². The predicted octanol–water partition coefficient (Wildman–Crippen LogP) is 1.22. The number of aromatic amines is 1. The number of pyridine rings is 1. The van der Waals surface area contributed by atoms with Crippen LogP contribution in [-0.4, -0.2) is 27.7 Å². The van der Waals surface area contributed by atoms with Gasteiger partial charge in [0, 0.05) is 12.7 Å². The van der Waals surface area contributed by atoms with Gasteiger partial charge in [0.1, 0.15) is 5.56 Å². The summed E-state index contributed by atoms with van der Waals surface area (Å²) < 4.78 is 0. The summed E-state index contributed by atoms with van der Waals surface area (Å²) in [6, 6.07) is 10.4. The van der Waals surface area contributed by atoms with Crippen molar-refractivity contribution in [3.63, 3.8) is 0 Å². The van der Waals surface area contributed by atoms with Gasteiger partial charge in [-0.2, -0.15) is 0 Å². The molecule has 2 aromatic rings. The highest BCUT2D eigenvalue weighted by Gasteiger charge is 2.15. The van der Waals surface area contributed by atoms with E-state index >= 15 is 0 Å². The van der Waals surface area contributed by atoms with Gasteiger partial charge in [0.2, 0.25) is 0 Å². The summed E-state index contributed by atoms with van der Waals surface area (Å²) in [6.07, 6.45) is 0.559. The smallest absolute Gasteiger partial charge is 0.343 e. The molecule has 0 aliphatic carbocycles. The number of aliphatic hydroxyl groups is 1. The summed E-state index contributed by atoms with van der Waals surface area (Å²) in [5, 5.41) is 21.8. The van der Waals surface area contributed by atoms with Crippen LogP contribution in [0.2, 0.25) is 0 Å². The van der Waals surface area contributed by atoms with Crippen LogP contribution in [0.4, 0.5) is 5.69 Å². The highest BCUT2D eigenvalue weighted by molar-refractivity contribution is 5.93. The van der Waals surface area contributed by atoms with Crippen LogP contribution in [0.15, 0.2) is 47.4 Å². The first kappa shape index (κ1) is 13.8. The molecule has 4 N–H and O–H groups in total. The molecule has 20 heavy (non-hydrogen) atoms. The Labute approximate surface area is 114 Å². The molecular formula is C14H14N2O4. The second-order valence-electron chi connectivity index (χ2n) is 4.21. The van der Waals surface area contributed by atoms with Crippen LogP contribution in [0.25, 0.3) is 0 Å². The zero-order chi connectivity index (χ0) is 14.5. The van der Waals surface area contributed by atoms with Crippen molar-refractivity contribution in [2.24, 2.45) is 0 Å². The van der Waals surface area contributed by atoms with Gasteiger partial charge >= 0.3 is 5.97 Å². The van der Waals surface area contributed by atoms with E-state index in [2.05, 4.69) is 10.3 Å². The summed E-state index contributed by atoms with van der Waals surface area (Å²) >= 11 is 0. The normalized spacial score (nSPS) is 11.8. The molecule has 1 aromatic carbocycles. The van der Waals surface area contributed by atoms with E-state index in [4.69, 9.17) is 5.11 Å². The van der Waals surface area contributed by atoms with Crippen molar-refractivity contribution in [2.45, 2.75) is 6.10 Å². The number of carboxylic acid groups (broad SMARTS) is 1. The summed E-state index contributed by atoms with van der Waals surface area (Å²) in [6.45, 7) is 0.105. The lowest BCUT2D eigenvalue weighted by Gasteiger charge is -2.14. The van der Waals surface area contributed by atoms with Crippen molar-refractivity contribution in [2.75, 3.05) is 11.9 Å². The molecule has 0 saturated carbocycles. The van der Waals surface area contributed by atoms with E-state index in [-0.39, 0.29) is 17.8 Å². The molecule has 2 rings (SSSR count). The number of aromatic carboxylic acids is 1. The number of carbonyl (C=O) groups is 1. The molecule has 6 nitrogen and oxygen atoms in total. The van der Waals surface area contributed by atoms with Gasteiger partial charge in [-0.1, -0.05) is 30.3 Å². The molecule has 0 aliphatic heterocycles. The number of aliphatic hydroxyl groups excluding tert-OH is 1. The molecule has 0 bridgehead atoms. The van der Waals surface area contributed by atoms with Crippen molar-refractivity contribution in [3.05, 3.63) is 64.1 Å². The monoisotopic (exact) mass is 274 g/mol. The molecule has 6 heteroatoms. The van der Waals surface area contributed by atoms with Crippen LogP contribution in [0.5, 0.6) is 0 Å². The maximum Gasteiger partial charge on any atom is 0.343 e. The fourth-order valence-corrected chi connectivity index (χ4v) is 1.84. The molecule has 0 radical (unpaired) electrons. The Bertz CT molecular complexity index is 652. The first-order valence-electron chi connectivity index (χ1n) is 6.01. The number of anilines is 1. The van der Waals surface area contributed by atoms with E-state index in [1.165, 1.54) is 12.3 Å². The van der Waals surface area contributed by atoms with Crippen molar-refractivity contribution in [1.29, 1.82) is 0 Å². The Hall–Kier alpha value is -2.60. The molecule has 1 heterocycles. The van der Waals surface area contributed by atoms with Crippen molar-refractivity contribution < 1.29 is 15.0 Å². The molecule has 1 aromatic heterocycles. The highest BCUT2D eigenvalue weighted by Crippen LogP contribution is 2.15. The van der Waals surface area contributed by atoms with E-state index in [9.17, 15) is 14.7 Å². The lowest BCUT2D eigenvalue weighted by Crippen LogP contribution is -2.21. The summed E-state index contributed by atoms with van der Waals surface area (Å²) in [4.78, 5) is 24.8. The van der Waals surface area contributed by atoms with Crippen molar-refractivity contribution >= 4 is 11.7 Å². The predicted molar refractivity (Wildman–Crippen MR) is 73.9 cm³/mol. The maximum absolute atomic E-state index is 11.5. The number of hydrogen-bond acceptors (Lipinski definition) is 4. The van der Waals surface area contributed by atoms with Crippen LogP contribution >= 0.6 is 0 Å². The van der Waals surface area contributed by atoms with Crippen LogP contribution in [-0.2, 0) is 0 Å². The number of aromatic nitrogens is 1. The van der Waals surface area contributed by atoms with E-state index in [1.54, 1.807) is 24.3 Å². The number of nitrogens with one attached hydrogen (secondary N) is 2. The Morgan fingerprint density at radius 3 is 2.60 bits per heavy atom. The molecule has 0 spiro atoms. The molecule has 0 fully saturated rings. The fraction of sp³-hybridized carbons (Fsp3) is 0.143. The average molecular weight is 274 g/mol. The average Bonchev–Trinajstić information content (AvgIpc) is 2.45. The van der Waals surface area contributed by atoms with Crippen LogP contribution < -0.4 is 10.9 Å². The van der Waals surface area contributed by atoms with Gasteiger partial charge in [-0.3, -0.25) is 4.79 Å². The highest BCUT2D eigenvalue weighted by atomic mass is 16.4. The van der Waals surface area contributed by atoms with Gasteiger partial charge in [-0.25, -0.2) is 4.79 Å². The molecular weight excluding hydrogens is 260 g/mol. The van der Waals surface area contributed by atoms with E-state index in [0.717, 1.165) is 0 Å². The minimum absolute atomic E-state index is 0.105. The Kier molecular flexibility index (Phi) is 4.17. The van der Waals surface area contributed by atoms with Crippen LogP contribution in [0.3, 0.4) is 0 Å². The zero-order valence-corrected chi connectivity index (χ0v) is 10.5. The van der Waals surface area contributed by atoms with Crippen molar-refractivity contribution in [1.82, 2.24) is 4.98 Å². The number of hydrogen-bond donors (Lipinski definition) is 4. The number of rotatable bonds is 5. The van der Waals surface area contributed by atoms with Gasteiger partial charge in [0.15, 0.2) is 0 Å². The summed E-state index contributed by atoms with van der Waals surface area (Å²) in [5.74, 6) is -1.32. The summed E-state index contributed by atoms with van der Waals surface area (Å²) in [7, 11) is 0. The van der Waals surface area contributed by atoms with Crippen LogP contribution in [0, 0.1) is 0 Å². The van der Waals surface area contributed by atoms with Crippen molar-refractivity contribution in [3.8, 4) is 0 Å². The van der Waals surface area contributed by atoms with Gasteiger partial charge in [0.25, 0.3) is 5.56 Å². The number of H-pyrrole nitrogens is 1. The van der Waals surface area contributed by atoms with Crippen LogP contribution in [0.1, 0.15) is 22.0 Å². The first-order valence-corrected chi connectivity index (χ1v) is 6.01. The quantitative estimate of drug-likeness (QED) is 0.656. The molecule has 0 aliphatic rings. The molecule has 0 saturated heterocycles.